The first-order valence-electron chi connectivity index (χ1n) is 13.8. The van der Waals surface area contributed by atoms with Gasteiger partial charge in [0, 0.05) is 11.0 Å². The highest BCUT2D eigenvalue weighted by atomic mass is 16.4. The summed E-state index contributed by atoms with van der Waals surface area (Å²) in [5, 5.41) is 10.0. The maximum absolute atomic E-state index is 12.2. The molecular weight excluding hydrogens is 392 g/mol. The average Bonchev–Trinajstić information content (AvgIpc) is 3.07. The first-order chi connectivity index (χ1) is 14.8. The van der Waals surface area contributed by atoms with Crippen LogP contribution < -0.4 is 0 Å². The van der Waals surface area contributed by atoms with E-state index in [0.717, 1.165) is 42.1 Å². The van der Waals surface area contributed by atoms with Crippen LogP contribution in [0.5, 0.6) is 0 Å². The maximum Gasteiger partial charge on any atom is 0.331 e. The minimum Gasteiger partial charge on any atom is -0.478 e. The zero-order valence-electron chi connectivity index (χ0n) is 21.9. The van der Waals surface area contributed by atoms with Crippen LogP contribution in [-0.2, 0) is 4.79 Å². The number of rotatable bonds is 2. The lowest BCUT2D eigenvalue weighted by molar-refractivity contribution is -0.235. The van der Waals surface area contributed by atoms with Gasteiger partial charge in [0.2, 0.25) is 0 Å². The molecule has 0 aromatic heterocycles. The van der Waals surface area contributed by atoms with Crippen molar-refractivity contribution in [2.45, 2.75) is 113 Å². The third kappa shape index (κ3) is 2.56. The molecule has 0 bridgehead atoms. The molecule has 0 aromatic rings. The highest BCUT2D eigenvalue weighted by Gasteiger charge is 2.71. The Labute approximate surface area is 197 Å². The van der Waals surface area contributed by atoms with E-state index in [1.807, 2.05) is 0 Å². The molecule has 1 N–H and O–H groups in total. The first-order valence-corrected chi connectivity index (χ1v) is 13.8. The van der Waals surface area contributed by atoms with Gasteiger partial charge in [0.15, 0.2) is 0 Å². The predicted molar refractivity (Wildman–Crippen MR) is 131 cm³/mol. The first kappa shape index (κ1) is 23.0. The summed E-state index contributed by atoms with van der Waals surface area (Å²) < 4.78 is 0. The molecule has 0 heterocycles. The number of aliphatic carboxylic acids is 1. The molecule has 0 aromatic carbocycles. The van der Waals surface area contributed by atoms with Crippen LogP contribution in [0.1, 0.15) is 113 Å². The lowest BCUT2D eigenvalue weighted by atomic mass is 9.32. The van der Waals surface area contributed by atoms with Crippen molar-refractivity contribution in [1.82, 2.24) is 0 Å². The lowest BCUT2D eigenvalue weighted by Crippen LogP contribution is -2.66. The van der Waals surface area contributed by atoms with Gasteiger partial charge in [-0.05, 0) is 115 Å². The Morgan fingerprint density at radius 1 is 0.812 bits per heavy atom. The molecule has 0 radical (unpaired) electrons. The van der Waals surface area contributed by atoms with Crippen LogP contribution in [0, 0.1) is 56.7 Å². The quantitative estimate of drug-likeness (QED) is 0.471. The van der Waals surface area contributed by atoms with Crippen LogP contribution in [0.25, 0.3) is 0 Å². The normalized spacial score (nSPS) is 54.8. The van der Waals surface area contributed by atoms with Crippen LogP contribution in [0.3, 0.4) is 0 Å². The van der Waals surface area contributed by atoms with Gasteiger partial charge in [0.05, 0.1) is 0 Å². The molecule has 0 aliphatic heterocycles. The summed E-state index contributed by atoms with van der Waals surface area (Å²) in [4.78, 5) is 12.2. The molecule has 9 unspecified atom stereocenters. The highest BCUT2D eigenvalue weighted by molar-refractivity contribution is 5.88. The highest BCUT2D eigenvalue weighted by Crippen LogP contribution is 2.78. The minimum absolute atomic E-state index is 0.140. The molecule has 32 heavy (non-hydrogen) atoms. The molecule has 0 saturated heterocycles. The summed E-state index contributed by atoms with van der Waals surface area (Å²) in [6.07, 6.45) is 14.8. The maximum atomic E-state index is 12.2. The molecule has 9 atom stereocenters. The summed E-state index contributed by atoms with van der Waals surface area (Å²) >= 11 is 0. The fourth-order valence-electron chi connectivity index (χ4n) is 11.8. The van der Waals surface area contributed by atoms with Gasteiger partial charge in [-0.2, -0.15) is 0 Å². The van der Waals surface area contributed by atoms with Crippen molar-refractivity contribution in [3.63, 3.8) is 0 Å². The van der Waals surface area contributed by atoms with Crippen molar-refractivity contribution >= 4 is 5.97 Å². The molecule has 0 amide bonds. The summed E-state index contributed by atoms with van der Waals surface area (Å²) in [5.74, 6) is 3.14. The zero-order valence-corrected chi connectivity index (χ0v) is 21.9. The molecule has 5 aliphatic carbocycles. The summed E-state index contributed by atoms with van der Waals surface area (Å²) in [6.45, 7) is 17.9. The molecule has 5 rings (SSSR count). The van der Waals surface area contributed by atoms with E-state index in [1.165, 1.54) is 51.4 Å². The third-order valence-corrected chi connectivity index (χ3v) is 13.4. The Kier molecular flexibility index (Phi) is 4.94. The fraction of sp³-hybridized carbons (Fsp3) is 0.900. The number of carboxylic acid groups (broad SMARTS) is 1. The fourth-order valence-corrected chi connectivity index (χ4v) is 11.8. The number of hydrogen-bond acceptors (Lipinski definition) is 1. The summed E-state index contributed by atoms with van der Waals surface area (Å²) in [5.41, 5.74) is 2.21. The standard InChI is InChI=1S/C30H48O2/c1-19(2)20-11-12-23-27(20,4)15-17-30(7)24-13-14-26(3)21(25(31)32)9-8-10-22(26)28(24,5)16-18-29(23,30)6/h9,19-20,22-24H,8,10-18H2,1-7H3,(H,31,32). The topological polar surface area (TPSA) is 37.3 Å². The van der Waals surface area contributed by atoms with E-state index < -0.39 is 5.97 Å². The smallest absolute Gasteiger partial charge is 0.331 e. The van der Waals surface area contributed by atoms with Crippen LogP contribution in [0.15, 0.2) is 11.6 Å². The van der Waals surface area contributed by atoms with Crippen LogP contribution in [0.2, 0.25) is 0 Å². The van der Waals surface area contributed by atoms with Crippen molar-refractivity contribution in [3.8, 4) is 0 Å². The van der Waals surface area contributed by atoms with E-state index in [9.17, 15) is 9.90 Å². The number of allylic oxidation sites excluding steroid dienone is 1. The Hall–Kier alpha value is -0.790. The molecule has 5 aliphatic rings. The largest absolute Gasteiger partial charge is 0.478 e. The van der Waals surface area contributed by atoms with Gasteiger partial charge >= 0.3 is 5.97 Å². The van der Waals surface area contributed by atoms with Gasteiger partial charge in [0.25, 0.3) is 0 Å². The van der Waals surface area contributed by atoms with Crippen molar-refractivity contribution < 1.29 is 9.90 Å². The van der Waals surface area contributed by atoms with Crippen molar-refractivity contribution in [2.75, 3.05) is 0 Å². The van der Waals surface area contributed by atoms with Crippen molar-refractivity contribution in [2.24, 2.45) is 56.7 Å². The van der Waals surface area contributed by atoms with E-state index in [4.69, 9.17) is 0 Å². The second-order valence-electron chi connectivity index (χ2n) is 14.4. The molecule has 180 valence electrons. The number of carbonyl (C=O) groups is 1. The van der Waals surface area contributed by atoms with Crippen LogP contribution in [-0.4, -0.2) is 11.1 Å². The zero-order chi connectivity index (χ0) is 23.3. The van der Waals surface area contributed by atoms with Crippen molar-refractivity contribution in [1.29, 1.82) is 0 Å². The summed E-state index contributed by atoms with van der Waals surface area (Å²) in [7, 11) is 0. The van der Waals surface area contributed by atoms with E-state index in [0.29, 0.717) is 22.2 Å². The SMILES string of the molecule is CC(C)C1CCC2C1(C)CCC1(C)C3CCC4(C)C(C(=O)O)=CCCC4C3(C)CCC21C. The van der Waals surface area contributed by atoms with Crippen molar-refractivity contribution in [3.05, 3.63) is 11.6 Å². The third-order valence-electron chi connectivity index (χ3n) is 13.4. The lowest BCUT2D eigenvalue weighted by Gasteiger charge is -2.73. The second-order valence-corrected chi connectivity index (χ2v) is 14.4. The Balaban J connectivity index is 1.53. The molecule has 2 nitrogen and oxygen atoms in total. The van der Waals surface area contributed by atoms with E-state index in [-0.39, 0.29) is 10.8 Å². The Morgan fingerprint density at radius 3 is 2.00 bits per heavy atom. The molecule has 4 fully saturated rings. The number of carboxylic acids is 1. The van der Waals surface area contributed by atoms with Crippen LogP contribution in [0.4, 0.5) is 0 Å². The Bertz CT molecular complexity index is 842. The van der Waals surface area contributed by atoms with Gasteiger partial charge < -0.3 is 5.11 Å². The Morgan fingerprint density at radius 2 is 1.41 bits per heavy atom. The van der Waals surface area contributed by atoms with E-state index in [1.54, 1.807) is 0 Å². The number of hydrogen-bond donors (Lipinski definition) is 1. The number of fused-ring (bicyclic) bond motifs is 7. The van der Waals surface area contributed by atoms with E-state index in [2.05, 4.69) is 54.5 Å². The van der Waals surface area contributed by atoms with Gasteiger partial charge in [-0.1, -0.05) is 54.5 Å². The molecule has 0 spiro atoms. The van der Waals surface area contributed by atoms with Gasteiger partial charge in [0.1, 0.15) is 0 Å². The monoisotopic (exact) mass is 440 g/mol. The van der Waals surface area contributed by atoms with E-state index >= 15 is 0 Å². The van der Waals surface area contributed by atoms with Gasteiger partial charge in [-0.15, -0.1) is 0 Å². The second kappa shape index (κ2) is 6.88. The molecular formula is C30H48O2. The van der Waals surface area contributed by atoms with Crippen LogP contribution >= 0.6 is 0 Å². The summed E-state index contributed by atoms with van der Waals surface area (Å²) in [6, 6.07) is 0. The molecule has 2 heteroatoms. The molecule has 4 saturated carbocycles. The average molecular weight is 441 g/mol. The van der Waals surface area contributed by atoms with Gasteiger partial charge in [-0.25, -0.2) is 4.79 Å². The van der Waals surface area contributed by atoms with Gasteiger partial charge in [-0.3, -0.25) is 0 Å². The predicted octanol–water partition coefficient (Wildman–Crippen LogP) is 8.12. The minimum atomic E-state index is -0.662.